The van der Waals surface area contributed by atoms with Crippen LogP contribution in [0.2, 0.25) is 0 Å². The standard InChI is InChI=1S/C21H22FN5OS/c1-15-14-26(21-24-19(25-29-21)12-16-6-3-2-4-7-16)10-11-27(15)20(28)23-18-9-5-8-17(22)13-18/h2-9,13,15H,10-12,14H2,1H3,(H,23,28)/t15-/m1/s1. The Morgan fingerprint density at radius 3 is 2.79 bits per heavy atom. The minimum atomic E-state index is -0.372. The van der Waals surface area contributed by atoms with Gasteiger partial charge in [-0.15, -0.1) is 0 Å². The topological polar surface area (TPSA) is 61.4 Å². The summed E-state index contributed by atoms with van der Waals surface area (Å²) in [4.78, 5) is 21.2. The van der Waals surface area contributed by atoms with Gasteiger partial charge in [0.15, 0.2) is 0 Å². The molecule has 4 rings (SSSR count). The summed E-state index contributed by atoms with van der Waals surface area (Å²) in [5.41, 5.74) is 1.64. The van der Waals surface area contributed by atoms with Crippen molar-refractivity contribution >= 4 is 28.4 Å². The van der Waals surface area contributed by atoms with Crippen LogP contribution < -0.4 is 10.2 Å². The van der Waals surface area contributed by atoms with Crippen LogP contribution in [0.25, 0.3) is 0 Å². The summed E-state index contributed by atoms with van der Waals surface area (Å²) in [5.74, 6) is 0.443. The van der Waals surface area contributed by atoms with Crippen molar-refractivity contribution < 1.29 is 9.18 Å². The zero-order valence-corrected chi connectivity index (χ0v) is 16.9. The summed E-state index contributed by atoms with van der Waals surface area (Å²) < 4.78 is 17.8. The fourth-order valence-electron chi connectivity index (χ4n) is 3.42. The molecule has 150 valence electrons. The van der Waals surface area contributed by atoms with Crippen molar-refractivity contribution in [3.63, 3.8) is 0 Å². The molecule has 1 aliphatic rings. The second-order valence-corrected chi connectivity index (χ2v) is 7.81. The molecule has 1 aliphatic heterocycles. The molecular weight excluding hydrogens is 389 g/mol. The van der Waals surface area contributed by atoms with E-state index in [0.29, 0.717) is 31.7 Å². The van der Waals surface area contributed by atoms with Gasteiger partial charge in [-0.05, 0) is 30.7 Å². The van der Waals surface area contributed by atoms with E-state index in [9.17, 15) is 9.18 Å². The molecule has 0 spiro atoms. The molecule has 1 aromatic heterocycles. The molecule has 2 amide bonds. The van der Waals surface area contributed by atoms with Gasteiger partial charge in [0.25, 0.3) is 0 Å². The van der Waals surface area contributed by atoms with Crippen LogP contribution in [0.3, 0.4) is 0 Å². The highest BCUT2D eigenvalue weighted by Crippen LogP contribution is 2.23. The van der Waals surface area contributed by atoms with Gasteiger partial charge in [-0.25, -0.2) is 14.2 Å². The van der Waals surface area contributed by atoms with Crippen molar-refractivity contribution in [3.05, 3.63) is 71.8 Å². The number of carbonyl (C=O) groups excluding carboxylic acids is 1. The minimum Gasteiger partial charge on any atom is -0.343 e. The Labute approximate surface area is 173 Å². The SMILES string of the molecule is C[C@@H]1CN(c2nc(Cc3ccccc3)ns2)CCN1C(=O)Nc1cccc(F)c1. The maximum atomic E-state index is 13.3. The highest BCUT2D eigenvalue weighted by Gasteiger charge is 2.29. The van der Waals surface area contributed by atoms with E-state index in [4.69, 9.17) is 0 Å². The quantitative estimate of drug-likeness (QED) is 0.705. The van der Waals surface area contributed by atoms with Crippen LogP contribution >= 0.6 is 11.5 Å². The number of urea groups is 1. The summed E-state index contributed by atoms with van der Waals surface area (Å²) in [6.07, 6.45) is 0.711. The number of halogens is 1. The van der Waals surface area contributed by atoms with Crippen LogP contribution in [0.4, 0.5) is 20.0 Å². The fourth-order valence-corrected chi connectivity index (χ4v) is 4.14. The highest BCUT2D eigenvalue weighted by molar-refractivity contribution is 7.09. The minimum absolute atomic E-state index is 0.00113. The van der Waals surface area contributed by atoms with Gasteiger partial charge in [-0.2, -0.15) is 4.37 Å². The van der Waals surface area contributed by atoms with E-state index in [0.717, 1.165) is 11.0 Å². The maximum absolute atomic E-state index is 13.3. The van der Waals surface area contributed by atoms with E-state index in [-0.39, 0.29) is 17.9 Å². The van der Waals surface area contributed by atoms with Crippen LogP contribution in [-0.4, -0.2) is 46.0 Å². The lowest BCUT2D eigenvalue weighted by molar-refractivity contribution is 0.185. The maximum Gasteiger partial charge on any atom is 0.322 e. The third-order valence-electron chi connectivity index (χ3n) is 4.90. The average molecular weight is 412 g/mol. The number of nitrogens with zero attached hydrogens (tertiary/aromatic N) is 4. The largest absolute Gasteiger partial charge is 0.343 e. The number of carbonyl (C=O) groups is 1. The van der Waals surface area contributed by atoms with Crippen molar-refractivity contribution in [2.24, 2.45) is 0 Å². The van der Waals surface area contributed by atoms with E-state index in [1.807, 2.05) is 25.1 Å². The first-order chi connectivity index (χ1) is 14.1. The van der Waals surface area contributed by atoms with Crippen molar-refractivity contribution in [2.45, 2.75) is 19.4 Å². The predicted molar refractivity (Wildman–Crippen MR) is 113 cm³/mol. The third kappa shape index (κ3) is 4.71. The Kier molecular flexibility index (Phi) is 5.71. The zero-order valence-electron chi connectivity index (χ0n) is 16.1. The molecule has 0 saturated carbocycles. The van der Waals surface area contributed by atoms with Crippen LogP contribution in [0.15, 0.2) is 54.6 Å². The van der Waals surface area contributed by atoms with Crippen molar-refractivity contribution in [3.8, 4) is 0 Å². The van der Waals surface area contributed by atoms with Crippen LogP contribution in [-0.2, 0) is 6.42 Å². The number of rotatable bonds is 4. The lowest BCUT2D eigenvalue weighted by Crippen LogP contribution is -2.55. The van der Waals surface area contributed by atoms with Crippen molar-refractivity contribution in [1.82, 2.24) is 14.3 Å². The molecule has 3 aromatic rings. The van der Waals surface area contributed by atoms with Gasteiger partial charge in [0.2, 0.25) is 5.13 Å². The van der Waals surface area contributed by atoms with Gasteiger partial charge in [0.1, 0.15) is 11.6 Å². The van der Waals surface area contributed by atoms with E-state index in [1.54, 1.807) is 17.0 Å². The second-order valence-electron chi connectivity index (χ2n) is 7.08. The van der Waals surface area contributed by atoms with E-state index in [2.05, 4.69) is 31.7 Å². The van der Waals surface area contributed by atoms with Gasteiger partial charge in [0, 0.05) is 49.3 Å². The molecular formula is C21H22FN5OS. The molecule has 6 nitrogen and oxygen atoms in total. The lowest BCUT2D eigenvalue weighted by atomic mass is 10.1. The van der Waals surface area contributed by atoms with E-state index >= 15 is 0 Å². The molecule has 8 heteroatoms. The smallest absolute Gasteiger partial charge is 0.322 e. The molecule has 0 aliphatic carbocycles. The van der Waals surface area contributed by atoms with Crippen LogP contribution in [0.1, 0.15) is 18.3 Å². The second kappa shape index (κ2) is 8.57. The monoisotopic (exact) mass is 411 g/mol. The Bertz CT molecular complexity index is 980. The van der Waals surface area contributed by atoms with Crippen LogP contribution in [0.5, 0.6) is 0 Å². The molecule has 2 heterocycles. The van der Waals surface area contributed by atoms with E-state index < -0.39 is 0 Å². The normalized spacial score (nSPS) is 16.7. The molecule has 1 N–H and O–H groups in total. The summed E-state index contributed by atoms with van der Waals surface area (Å²) >= 11 is 1.40. The molecule has 2 aromatic carbocycles. The van der Waals surface area contributed by atoms with Gasteiger partial charge < -0.3 is 15.1 Å². The third-order valence-corrected chi connectivity index (χ3v) is 5.71. The lowest BCUT2D eigenvalue weighted by Gasteiger charge is -2.39. The summed E-state index contributed by atoms with van der Waals surface area (Å²) in [5, 5.41) is 3.65. The van der Waals surface area contributed by atoms with Gasteiger partial charge in [-0.1, -0.05) is 36.4 Å². The molecule has 1 atom stereocenters. The molecule has 0 bridgehead atoms. The molecule has 1 fully saturated rings. The highest BCUT2D eigenvalue weighted by atomic mass is 32.1. The van der Waals surface area contributed by atoms with Gasteiger partial charge >= 0.3 is 6.03 Å². The first-order valence-corrected chi connectivity index (χ1v) is 10.3. The molecule has 0 radical (unpaired) electrons. The Balaban J connectivity index is 1.36. The zero-order chi connectivity index (χ0) is 20.2. The number of amides is 2. The van der Waals surface area contributed by atoms with Gasteiger partial charge in [-0.3, -0.25) is 0 Å². The number of aromatic nitrogens is 2. The molecule has 1 saturated heterocycles. The molecule has 29 heavy (non-hydrogen) atoms. The number of anilines is 2. The number of benzene rings is 2. The number of nitrogens with one attached hydrogen (secondary N) is 1. The number of hydrogen-bond donors (Lipinski definition) is 1. The average Bonchev–Trinajstić information content (AvgIpc) is 3.17. The Morgan fingerprint density at radius 1 is 1.21 bits per heavy atom. The summed E-state index contributed by atoms with van der Waals surface area (Å²) in [6.45, 7) is 3.93. The first-order valence-electron chi connectivity index (χ1n) is 9.53. The first kappa shape index (κ1) is 19.3. The predicted octanol–water partition coefficient (Wildman–Crippen LogP) is 4.01. The van der Waals surface area contributed by atoms with Gasteiger partial charge in [0.05, 0.1) is 0 Å². The Morgan fingerprint density at radius 2 is 2.03 bits per heavy atom. The van der Waals surface area contributed by atoms with Crippen molar-refractivity contribution in [1.29, 1.82) is 0 Å². The van der Waals surface area contributed by atoms with E-state index in [1.165, 1.54) is 29.2 Å². The summed E-state index contributed by atoms with van der Waals surface area (Å²) in [7, 11) is 0. The van der Waals surface area contributed by atoms with Crippen molar-refractivity contribution in [2.75, 3.05) is 29.9 Å². The number of piperazine rings is 1. The fraction of sp³-hybridized carbons (Fsp3) is 0.286. The van der Waals surface area contributed by atoms with Crippen LogP contribution in [0, 0.1) is 5.82 Å². The number of hydrogen-bond acceptors (Lipinski definition) is 5. The molecule has 0 unspecified atom stereocenters. The Hall–Kier alpha value is -3.00. The summed E-state index contributed by atoms with van der Waals surface area (Å²) in [6, 6.07) is 15.9.